The Morgan fingerprint density at radius 2 is 1.35 bits per heavy atom. The van der Waals surface area contributed by atoms with Gasteiger partial charge in [-0.25, -0.2) is 4.79 Å². The minimum absolute atomic E-state index is 0.0371. The van der Waals surface area contributed by atoms with Gasteiger partial charge in [0.15, 0.2) is 5.60 Å². The van der Waals surface area contributed by atoms with E-state index in [-0.39, 0.29) is 36.6 Å². The van der Waals surface area contributed by atoms with Crippen LogP contribution in [0, 0.1) is 0 Å². The van der Waals surface area contributed by atoms with E-state index >= 15 is 0 Å². The number of esters is 1. The first-order valence-electron chi connectivity index (χ1n) is 25.7. The molecule has 0 aliphatic carbocycles. The van der Waals surface area contributed by atoms with Gasteiger partial charge < -0.3 is 81.9 Å². The number of hydrogen-bond acceptors (Lipinski definition) is 17. The number of benzene rings is 4. The molecule has 13 N–H and O–H groups in total. The smallest absolute Gasteiger partial charge is 0.340 e. The number of rotatable bonds is 4. The van der Waals surface area contributed by atoms with Gasteiger partial charge in [-0.05, 0) is 69.7 Å². The van der Waals surface area contributed by atoms with Crippen molar-refractivity contribution in [3.05, 3.63) is 113 Å². The maximum Gasteiger partial charge on any atom is 0.340 e. The van der Waals surface area contributed by atoms with E-state index in [1.807, 2.05) is 12.1 Å². The topological polar surface area (TPSA) is 368 Å². The Kier molecular flexibility index (Phi) is 15.9. The van der Waals surface area contributed by atoms with Gasteiger partial charge in [0.1, 0.15) is 65.3 Å². The number of nitrogens with one attached hydrogen (secondary N) is 7. The van der Waals surface area contributed by atoms with Crippen molar-refractivity contribution in [1.82, 2.24) is 41.8 Å². The van der Waals surface area contributed by atoms with Crippen molar-refractivity contribution in [3.63, 3.8) is 0 Å². The number of aliphatic hydroxyl groups excluding tert-OH is 3. The molecule has 5 aliphatic rings. The molecule has 1 fully saturated rings. The van der Waals surface area contributed by atoms with Gasteiger partial charge in [0.05, 0.1) is 35.0 Å². The van der Waals surface area contributed by atoms with Crippen molar-refractivity contribution in [3.8, 4) is 23.0 Å². The van der Waals surface area contributed by atoms with Crippen LogP contribution in [-0.4, -0.2) is 167 Å². The Labute approximate surface area is 461 Å². The van der Waals surface area contributed by atoms with Crippen LogP contribution in [-0.2, 0) is 50.3 Å². The normalized spacial score (nSPS) is 26.1. The highest BCUT2D eigenvalue weighted by atomic mass is 32.2. The fourth-order valence-electron chi connectivity index (χ4n) is 10.4. The number of amides is 7. The highest BCUT2D eigenvalue weighted by Gasteiger charge is 2.54. The van der Waals surface area contributed by atoms with Crippen LogP contribution in [0.1, 0.15) is 73.1 Å². The average molecular weight is 1120 g/mol. The molecule has 2 bridgehead atoms. The molecule has 0 saturated carbocycles. The summed E-state index contributed by atoms with van der Waals surface area (Å²) in [7, 11) is 0. The monoisotopic (exact) mass is 1120 g/mol. The van der Waals surface area contributed by atoms with Gasteiger partial charge in [-0.3, -0.25) is 33.6 Å². The van der Waals surface area contributed by atoms with Crippen LogP contribution in [0.3, 0.4) is 0 Å². The molecule has 10 unspecified atom stereocenters. The summed E-state index contributed by atoms with van der Waals surface area (Å²) in [5.41, 5.74) is 0.542. The van der Waals surface area contributed by atoms with Crippen LogP contribution in [0.15, 0.2) is 90.0 Å². The zero-order valence-corrected chi connectivity index (χ0v) is 44.5. The first kappa shape index (κ1) is 56.5. The lowest BCUT2D eigenvalue weighted by atomic mass is 9.77. The van der Waals surface area contributed by atoms with Crippen molar-refractivity contribution in [1.29, 1.82) is 0 Å². The van der Waals surface area contributed by atoms with Gasteiger partial charge in [-0.2, -0.15) is 0 Å². The number of phenolic OH excluding ortho intramolecular Hbond substituents is 2. The molecule has 25 heteroatoms. The first-order valence-corrected chi connectivity index (χ1v) is 26.7. The first-order chi connectivity index (χ1) is 38.0. The maximum absolute atomic E-state index is 14.3. The van der Waals surface area contributed by atoms with Gasteiger partial charge in [0, 0.05) is 71.3 Å². The molecule has 422 valence electrons. The lowest BCUT2D eigenvalue weighted by molar-refractivity contribution is -0.142. The molecule has 6 heterocycles. The number of aromatic amines is 1. The fraction of sp³-hybridized carbons (Fsp3) is 0.382. The molecule has 4 aromatic carbocycles. The molecule has 1 aromatic heterocycles. The molecule has 7 amide bonds. The molecule has 0 radical (unpaired) electrons. The van der Waals surface area contributed by atoms with Gasteiger partial charge in [0.2, 0.25) is 41.4 Å². The number of hydrogen-bond donors (Lipinski definition) is 13. The zero-order valence-electron chi connectivity index (χ0n) is 43.6. The number of aliphatic hydroxyl groups is 4. The van der Waals surface area contributed by atoms with Crippen LogP contribution in [0.25, 0.3) is 10.9 Å². The van der Waals surface area contributed by atoms with Crippen LogP contribution in [0.2, 0.25) is 0 Å². The molecule has 1 saturated heterocycles. The second-order valence-electron chi connectivity index (χ2n) is 20.7. The second-order valence-corrected chi connectivity index (χ2v) is 21.7. The molecule has 80 heavy (non-hydrogen) atoms. The summed E-state index contributed by atoms with van der Waals surface area (Å²) in [5.74, 6) is -5.85. The number of thioether (sulfide) groups is 1. The van der Waals surface area contributed by atoms with E-state index in [4.69, 9.17) is 9.47 Å². The summed E-state index contributed by atoms with van der Waals surface area (Å²) in [6.45, 7) is 4.02. The summed E-state index contributed by atoms with van der Waals surface area (Å²) in [6, 6.07) is 13.7. The Hall–Kier alpha value is -8.23. The summed E-state index contributed by atoms with van der Waals surface area (Å²) in [4.78, 5) is 114. The number of aromatic nitrogens is 1. The molecule has 10 atom stereocenters. The molecule has 5 aliphatic heterocycles. The van der Waals surface area contributed by atoms with Crippen LogP contribution < -0.4 is 36.6 Å². The summed E-state index contributed by atoms with van der Waals surface area (Å²) in [5, 5.41) is 77.8. The van der Waals surface area contributed by atoms with Crippen LogP contribution in [0.4, 0.5) is 0 Å². The molecular formula is C55H60N8O16S. The average Bonchev–Trinajstić information content (AvgIpc) is 4.28. The number of para-hydroxylation sites is 1. The Balaban J connectivity index is 0.000000254. The summed E-state index contributed by atoms with van der Waals surface area (Å²) < 4.78 is 11.8. The molecular weight excluding hydrogens is 1060 g/mol. The lowest BCUT2D eigenvalue weighted by Crippen LogP contribution is -2.61. The van der Waals surface area contributed by atoms with Gasteiger partial charge >= 0.3 is 5.97 Å². The van der Waals surface area contributed by atoms with E-state index < -0.39 is 126 Å². The number of carbonyl (C=O) groups excluding carboxylic acids is 8. The Morgan fingerprint density at radius 3 is 2.01 bits per heavy atom. The highest BCUT2D eigenvalue weighted by molar-refractivity contribution is 7.99. The quantitative estimate of drug-likeness (QED) is 0.105. The molecule has 10 rings (SSSR count). The van der Waals surface area contributed by atoms with Crippen molar-refractivity contribution in [2.75, 3.05) is 18.9 Å². The van der Waals surface area contributed by atoms with Gasteiger partial charge in [-0.1, -0.05) is 36.4 Å². The van der Waals surface area contributed by atoms with E-state index in [1.165, 1.54) is 52.0 Å². The summed E-state index contributed by atoms with van der Waals surface area (Å²) >= 11 is 1.08. The Bertz CT molecular complexity index is 3260. The SMILES string of the molecule is CC1NC(=O)C(CC(C)(O)CO)NC(=O)C2Cc3c([nH]c4ccccc34)SCC(NC(=O)C(C(C)O)NC1=O)C(=O)N1CC(O)CC1C(=O)NC(C)C(=O)N2.O=C1OC2(c3ccc(O)cc3Oc3cc(O)ccc32)c2ccccc21. The number of aromatic hydroxyl groups is 2. The van der Waals surface area contributed by atoms with E-state index in [0.717, 1.165) is 16.7 Å². The minimum Gasteiger partial charge on any atom is -0.508 e. The number of fused-ring (bicyclic) bond motifs is 11. The summed E-state index contributed by atoms with van der Waals surface area (Å²) in [6.07, 6.45) is -3.53. The van der Waals surface area contributed by atoms with Gasteiger partial charge in [0.25, 0.3) is 0 Å². The number of nitrogens with zero attached hydrogens (tertiary/aromatic N) is 1. The van der Waals surface area contributed by atoms with Crippen LogP contribution >= 0.6 is 11.8 Å². The molecule has 1 spiro atoms. The zero-order chi connectivity index (χ0) is 57.5. The molecule has 24 nitrogen and oxygen atoms in total. The second kappa shape index (κ2) is 22.5. The van der Waals surface area contributed by atoms with Crippen molar-refractivity contribution in [2.24, 2.45) is 0 Å². The van der Waals surface area contributed by atoms with Gasteiger partial charge in [-0.15, -0.1) is 11.8 Å². The predicted octanol–water partition coefficient (Wildman–Crippen LogP) is -0.0799. The standard InChI is InChI=1S/C35H48N8O11S.C20H12O5/c1-15-27(47)38-22-10-20-19-7-5-6-8-21(19)41-33(20)55-13-24(34(53)43-12-18(46)9-25(43)31(51)37-15)40-32(52)26(17(3)45)42-28(48)16(2)36-30(50)23(39-29(22)49)11-35(4,54)14-44;21-11-5-7-15-17(9-11)24-18-10-12(22)6-8-16(18)20(15)14-4-2-1-3-13(14)19(23)25-20/h5-8,15-18,22-26,41,44-46,54H,9-14H2,1-4H3,(H,36,50)(H,37,51)(H,38,47)(H,39,49)(H,40,52)(H,42,48);1-10,21-22H. The van der Waals surface area contributed by atoms with E-state index in [1.54, 1.807) is 48.5 Å². The van der Waals surface area contributed by atoms with Crippen LogP contribution in [0.5, 0.6) is 23.0 Å². The maximum atomic E-state index is 14.3. The van der Waals surface area contributed by atoms with E-state index in [0.29, 0.717) is 55.2 Å². The third kappa shape index (κ3) is 11.2. The lowest BCUT2D eigenvalue weighted by Gasteiger charge is -2.36. The van der Waals surface area contributed by atoms with E-state index in [2.05, 4.69) is 36.9 Å². The number of H-pyrrole nitrogens is 1. The predicted molar refractivity (Wildman–Crippen MR) is 284 cm³/mol. The minimum atomic E-state index is -1.90. The fourth-order valence-corrected chi connectivity index (χ4v) is 11.5. The highest BCUT2D eigenvalue weighted by Crippen LogP contribution is 2.57. The number of phenols is 2. The molecule has 5 aromatic rings. The number of ether oxygens (including phenoxy) is 2. The largest absolute Gasteiger partial charge is 0.508 e. The Morgan fingerprint density at radius 1 is 0.738 bits per heavy atom. The van der Waals surface area contributed by atoms with Crippen molar-refractivity contribution >= 4 is 70.0 Å². The third-order valence-electron chi connectivity index (χ3n) is 14.6. The number of carbonyl (C=O) groups is 8. The van der Waals surface area contributed by atoms with E-state index in [9.17, 15) is 69.0 Å². The van der Waals surface area contributed by atoms with Crippen molar-refractivity contribution in [2.45, 2.75) is 118 Å². The third-order valence-corrected chi connectivity index (χ3v) is 15.7. The van der Waals surface area contributed by atoms with Crippen molar-refractivity contribution < 1.29 is 78.5 Å².